The Morgan fingerprint density at radius 2 is 1.56 bits per heavy atom. The van der Waals surface area contributed by atoms with Gasteiger partial charge in [-0.05, 0) is 12.5 Å². The molecule has 138 valence electrons. The number of benzene rings is 1. The molecule has 3 rings (SSSR count). The molecule has 2 aliphatic rings. The van der Waals surface area contributed by atoms with E-state index in [2.05, 4.69) is 0 Å². The van der Waals surface area contributed by atoms with Gasteiger partial charge in [-0.3, -0.25) is 14.4 Å². The molecule has 0 aromatic heterocycles. The number of fused-ring (bicyclic) bond motifs is 1. The molecule has 3 unspecified atom stereocenters. The highest BCUT2D eigenvalue weighted by molar-refractivity contribution is 5.92. The lowest BCUT2D eigenvalue weighted by Gasteiger charge is -2.33. The highest BCUT2D eigenvalue weighted by Crippen LogP contribution is 2.44. The number of carbonyl (C=O) groups excluding carboxylic acids is 3. The normalized spacial score (nSPS) is 23.4. The number of nitrogens with zero attached hydrogens (tertiary/aromatic N) is 2. The van der Waals surface area contributed by atoms with Gasteiger partial charge in [-0.1, -0.05) is 58.0 Å². The third kappa shape index (κ3) is 4.47. The maximum Gasteiger partial charge on any atom is 0.242 e. The third-order valence-corrected chi connectivity index (χ3v) is 4.36. The van der Waals surface area contributed by atoms with E-state index < -0.39 is 0 Å². The van der Waals surface area contributed by atoms with Crippen LogP contribution >= 0.6 is 0 Å². The number of Topliss-reactive ketones (excluding diaryl/α,β-unsaturated/α-hetero) is 1. The highest BCUT2D eigenvalue weighted by Gasteiger charge is 2.63. The molecule has 5 heteroatoms. The predicted molar refractivity (Wildman–Crippen MR) is 98.8 cm³/mol. The van der Waals surface area contributed by atoms with Gasteiger partial charge in [-0.15, -0.1) is 0 Å². The lowest BCUT2D eigenvalue weighted by molar-refractivity contribution is -0.144. The molecule has 5 nitrogen and oxygen atoms in total. The first-order valence-electron chi connectivity index (χ1n) is 9.11. The second-order valence-electron chi connectivity index (χ2n) is 5.77. The number of hydrogen-bond donors (Lipinski definition) is 0. The van der Waals surface area contributed by atoms with Crippen molar-refractivity contribution in [2.24, 2.45) is 5.92 Å². The second-order valence-corrected chi connectivity index (χ2v) is 5.77. The van der Waals surface area contributed by atoms with Crippen molar-refractivity contribution in [1.29, 1.82) is 0 Å². The summed E-state index contributed by atoms with van der Waals surface area (Å²) < 4.78 is 0. The highest BCUT2D eigenvalue weighted by atomic mass is 16.2. The van der Waals surface area contributed by atoms with Crippen LogP contribution in [0.1, 0.15) is 47.1 Å². The van der Waals surface area contributed by atoms with E-state index in [1.807, 2.05) is 58.0 Å². The van der Waals surface area contributed by atoms with Crippen LogP contribution < -0.4 is 0 Å². The lowest BCUT2D eigenvalue weighted by atomic mass is 10.2. The Hall–Kier alpha value is -2.17. The quantitative estimate of drug-likeness (QED) is 0.845. The molecule has 1 aliphatic heterocycles. The van der Waals surface area contributed by atoms with Gasteiger partial charge in [0.1, 0.15) is 12.3 Å². The average molecular weight is 346 g/mol. The number of piperazine rings is 1. The van der Waals surface area contributed by atoms with Gasteiger partial charge in [0.2, 0.25) is 11.8 Å². The average Bonchev–Trinajstić information content (AvgIpc) is 3.37. The molecular weight excluding hydrogens is 316 g/mol. The monoisotopic (exact) mass is 346 g/mol. The molecule has 1 heterocycles. The van der Waals surface area contributed by atoms with E-state index in [0.29, 0.717) is 6.54 Å². The van der Waals surface area contributed by atoms with Crippen molar-refractivity contribution in [1.82, 2.24) is 9.80 Å². The Morgan fingerprint density at radius 3 is 2.04 bits per heavy atom. The van der Waals surface area contributed by atoms with Crippen LogP contribution in [-0.4, -0.2) is 46.0 Å². The summed E-state index contributed by atoms with van der Waals surface area (Å²) in [5.74, 6) is -0.409. The van der Waals surface area contributed by atoms with Gasteiger partial charge in [0.25, 0.3) is 0 Å². The van der Waals surface area contributed by atoms with Crippen LogP contribution in [0.25, 0.3) is 0 Å². The molecule has 25 heavy (non-hydrogen) atoms. The van der Waals surface area contributed by atoms with Crippen molar-refractivity contribution < 1.29 is 14.4 Å². The Labute approximate surface area is 151 Å². The smallest absolute Gasteiger partial charge is 0.242 e. The predicted octanol–water partition coefficient (Wildman–Crippen LogP) is 2.89. The molecule has 2 fully saturated rings. The summed E-state index contributed by atoms with van der Waals surface area (Å²) in [6.07, 6.45) is 0. The molecule has 0 N–H and O–H groups in total. The molecule has 0 spiro atoms. The minimum Gasteiger partial charge on any atom is -0.331 e. The summed E-state index contributed by atoms with van der Waals surface area (Å²) >= 11 is 0. The van der Waals surface area contributed by atoms with Crippen LogP contribution in [0.3, 0.4) is 0 Å². The van der Waals surface area contributed by atoms with Crippen molar-refractivity contribution >= 4 is 17.6 Å². The first-order valence-corrected chi connectivity index (χ1v) is 9.11. The van der Waals surface area contributed by atoms with Crippen molar-refractivity contribution in [2.75, 3.05) is 6.54 Å². The largest absolute Gasteiger partial charge is 0.331 e. The summed E-state index contributed by atoms with van der Waals surface area (Å²) in [6.45, 7) is 11.6. The molecular formula is C20H30N2O3. The molecule has 1 saturated carbocycles. The summed E-state index contributed by atoms with van der Waals surface area (Å²) in [7, 11) is 0. The van der Waals surface area contributed by atoms with Crippen LogP contribution in [0.5, 0.6) is 0 Å². The van der Waals surface area contributed by atoms with Crippen molar-refractivity contribution in [3.8, 4) is 0 Å². The van der Waals surface area contributed by atoms with E-state index in [1.54, 1.807) is 9.80 Å². The number of ketones is 1. The van der Waals surface area contributed by atoms with E-state index in [9.17, 15) is 14.4 Å². The fourth-order valence-corrected chi connectivity index (χ4v) is 3.32. The van der Waals surface area contributed by atoms with Gasteiger partial charge in [-0.25, -0.2) is 0 Å². The lowest BCUT2D eigenvalue weighted by Crippen LogP contribution is -2.51. The van der Waals surface area contributed by atoms with Gasteiger partial charge >= 0.3 is 0 Å². The van der Waals surface area contributed by atoms with E-state index >= 15 is 0 Å². The molecule has 0 radical (unpaired) electrons. The number of amides is 2. The van der Waals surface area contributed by atoms with Gasteiger partial charge in [0.05, 0.1) is 18.0 Å². The summed E-state index contributed by atoms with van der Waals surface area (Å²) in [5.41, 5.74) is 1.04. The minimum absolute atomic E-state index is 0.0454. The van der Waals surface area contributed by atoms with Crippen molar-refractivity contribution in [3.05, 3.63) is 35.9 Å². The molecule has 1 saturated heterocycles. The maximum absolute atomic E-state index is 12.3. The fraction of sp³-hybridized carbons (Fsp3) is 0.550. The minimum atomic E-state index is -0.232. The van der Waals surface area contributed by atoms with E-state index in [1.165, 1.54) is 13.8 Å². The SMILES string of the molecule is CC.CC.CC(=O)C1C2C1N(Cc1ccccc1)C(=O)CN2C(C)=O. The van der Waals surface area contributed by atoms with Crippen molar-refractivity contribution in [3.63, 3.8) is 0 Å². The Kier molecular flexibility index (Phi) is 7.81. The fourth-order valence-electron chi connectivity index (χ4n) is 3.32. The molecule has 1 aromatic carbocycles. The van der Waals surface area contributed by atoms with Crippen LogP contribution in [0, 0.1) is 5.92 Å². The van der Waals surface area contributed by atoms with Gasteiger partial charge < -0.3 is 9.80 Å². The summed E-state index contributed by atoms with van der Waals surface area (Å²) in [4.78, 5) is 39.1. The van der Waals surface area contributed by atoms with E-state index in [4.69, 9.17) is 0 Å². The topological polar surface area (TPSA) is 57.7 Å². The maximum atomic E-state index is 12.3. The zero-order valence-electron chi connectivity index (χ0n) is 16.2. The molecule has 2 amide bonds. The van der Waals surface area contributed by atoms with Crippen molar-refractivity contribution in [2.45, 2.75) is 60.2 Å². The standard InChI is InChI=1S/C16H18N2O3.2C2H6/c1-10(19)14-15-16(14)18(8-12-6-4-3-5-7-12)13(21)9-17(15)11(2)20;2*1-2/h3-7,14-16H,8-9H2,1-2H3;2*1-2H3. The van der Waals surface area contributed by atoms with Gasteiger partial charge in [-0.2, -0.15) is 0 Å². The molecule has 1 aliphatic carbocycles. The molecule has 1 aromatic rings. The zero-order chi connectivity index (χ0) is 19.1. The summed E-state index contributed by atoms with van der Waals surface area (Å²) in [6, 6.07) is 9.42. The Balaban J connectivity index is 0.000000730. The van der Waals surface area contributed by atoms with Gasteiger partial charge in [0.15, 0.2) is 0 Å². The van der Waals surface area contributed by atoms with Gasteiger partial charge in [0, 0.05) is 13.5 Å². The van der Waals surface area contributed by atoms with Crippen LogP contribution in [0.15, 0.2) is 30.3 Å². The number of rotatable bonds is 3. The third-order valence-electron chi connectivity index (χ3n) is 4.36. The molecule has 3 atom stereocenters. The second kappa shape index (κ2) is 9.35. The number of carbonyl (C=O) groups is 3. The first kappa shape index (κ1) is 20.9. The van der Waals surface area contributed by atoms with Crippen LogP contribution in [0.2, 0.25) is 0 Å². The van der Waals surface area contributed by atoms with E-state index in [0.717, 1.165) is 5.56 Å². The Morgan fingerprint density at radius 1 is 1.00 bits per heavy atom. The zero-order valence-corrected chi connectivity index (χ0v) is 16.2. The van der Waals surface area contributed by atoms with Crippen LogP contribution in [-0.2, 0) is 20.9 Å². The van der Waals surface area contributed by atoms with E-state index in [-0.39, 0.29) is 42.1 Å². The number of hydrogen-bond acceptors (Lipinski definition) is 3. The summed E-state index contributed by atoms with van der Waals surface area (Å²) in [5, 5.41) is 0. The first-order chi connectivity index (χ1) is 12.0. The molecule has 0 bridgehead atoms. The van der Waals surface area contributed by atoms with Crippen LogP contribution in [0.4, 0.5) is 0 Å². The Bertz CT molecular complexity index is 600.